The summed E-state index contributed by atoms with van der Waals surface area (Å²) in [6, 6.07) is 8.59. The molecule has 0 saturated heterocycles. The normalized spacial score (nSPS) is 14.1. The predicted octanol–water partition coefficient (Wildman–Crippen LogP) is 2.93. The summed E-state index contributed by atoms with van der Waals surface area (Å²) in [5.74, 6) is -4.59. The van der Waals surface area contributed by atoms with Crippen LogP contribution in [-0.2, 0) is 27.0 Å². The van der Waals surface area contributed by atoms with Crippen molar-refractivity contribution >= 4 is 36.2 Å². The number of hydrogen-bond donors (Lipinski definition) is 5. The molecule has 7 nitrogen and oxygen atoms in total. The van der Waals surface area contributed by atoms with Gasteiger partial charge in [0.25, 0.3) is 0 Å². The highest BCUT2D eigenvalue weighted by Gasteiger charge is 2.37. The van der Waals surface area contributed by atoms with Crippen molar-refractivity contribution in [1.29, 1.82) is 0 Å². The van der Waals surface area contributed by atoms with Gasteiger partial charge in [-0.25, -0.2) is 9.59 Å². The maximum Gasteiger partial charge on any atom is 0.416 e. The van der Waals surface area contributed by atoms with Crippen LogP contribution in [0.25, 0.3) is 0 Å². The zero-order chi connectivity index (χ0) is 23.9. The second-order valence-electron chi connectivity index (χ2n) is 6.93. The SMILES string of the molecule is O=C(N[C@H](C(=O)O)C(Nc1ccc(C(F)(F)F)cc1)C(=O)O)C(CS)Cc1ccccc1. The Morgan fingerprint density at radius 2 is 1.47 bits per heavy atom. The molecule has 1 amide bonds. The first-order valence-corrected chi connectivity index (χ1v) is 10.0. The third-order valence-electron chi connectivity index (χ3n) is 4.61. The third-order valence-corrected chi connectivity index (χ3v) is 5.05. The molecule has 0 bridgehead atoms. The third kappa shape index (κ3) is 6.91. The first-order chi connectivity index (χ1) is 15.0. The van der Waals surface area contributed by atoms with Crippen molar-refractivity contribution in [2.75, 3.05) is 11.1 Å². The second-order valence-corrected chi connectivity index (χ2v) is 7.29. The number of carboxylic acids is 2. The zero-order valence-electron chi connectivity index (χ0n) is 16.5. The van der Waals surface area contributed by atoms with E-state index in [9.17, 15) is 37.8 Å². The lowest BCUT2D eigenvalue weighted by Gasteiger charge is -2.25. The van der Waals surface area contributed by atoms with Crippen molar-refractivity contribution < 1.29 is 37.8 Å². The summed E-state index contributed by atoms with van der Waals surface area (Å²) < 4.78 is 38.1. The molecule has 0 radical (unpaired) electrons. The largest absolute Gasteiger partial charge is 0.480 e. The van der Waals surface area contributed by atoms with Crippen LogP contribution in [0.15, 0.2) is 54.6 Å². The summed E-state index contributed by atoms with van der Waals surface area (Å²) in [6.07, 6.45) is -4.32. The number of amides is 1. The molecule has 0 heterocycles. The Bertz CT molecular complexity index is 939. The lowest BCUT2D eigenvalue weighted by Crippen LogP contribution is -2.56. The molecule has 32 heavy (non-hydrogen) atoms. The lowest BCUT2D eigenvalue weighted by atomic mass is 9.99. The van der Waals surface area contributed by atoms with Crippen LogP contribution in [0.3, 0.4) is 0 Å². The van der Waals surface area contributed by atoms with Gasteiger partial charge < -0.3 is 20.8 Å². The van der Waals surface area contributed by atoms with E-state index in [4.69, 9.17) is 0 Å². The molecule has 2 unspecified atom stereocenters. The quantitative estimate of drug-likeness (QED) is 0.341. The number of halogens is 3. The number of anilines is 1. The summed E-state index contributed by atoms with van der Waals surface area (Å²) in [4.78, 5) is 36.1. The van der Waals surface area contributed by atoms with Gasteiger partial charge in [0, 0.05) is 11.4 Å². The highest BCUT2D eigenvalue weighted by atomic mass is 32.1. The minimum Gasteiger partial charge on any atom is -0.480 e. The van der Waals surface area contributed by atoms with Gasteiger partial charge in [0.2, 0.25) is 5.91 Å². The highest BCUT2D eigenvalue weighted by Crippen LogP contribution is 2.30. The van der Waals surface area contributed by atoms with E-state index in [-0.39, 0.29) is 17.9 Å². The van der Waals surface area contributed by atoms with Crippen LogP contribution < -0.4 is 10.6 Å². The summed E-state index contributed by atoms with van der Waals surface area (Å²) in [6.45, 7) is 0. The van der Waals surface area contributed by atoms with Gasteiger partial charge in [-0.05, 0) is 36.2 Å². The molecule has 11 heteroatoms. The van der Waals surface area contributed by atoms with Crippen molar-refractivity contribution in [3.05, 3.63) is 65.7 Å². The van der Waals surface area contributed by atoms with Crippen LogP contribution in [0, 0.1) is 5.92 Å². The van der Waals surface area contributed by atoms with Gasteiger partial charge in [0.05, 0.1) is 11.5 Å². The molecule has 0 aliphatic heterocycles. The second kappa shape index (κ2) is 10.9. The monoisotopic (exact) mass is 470 g/mol. The molecule has 2 aromatic rings. The predicted molar refractivity (Wildman–Crippen MR) is 114 cm³/mol. The number of hydrogen-bond acceptors (Lipinski definition) is 5. The smallest absolute Gasteiger partial charge is 0.416 e. The van der Waals surface area contributed by atoms with Crippen molar-refractivity contribution in [3.8, 4) is 0 Å². The molecule has 2 rings (SSSR count). The van der Waals surface area contributed by atoms with E-state index < -0.39 is 47.6 Å². The highest BCUT2D eigenvalue weighted by molar-refractivity contribution is 7.80. The molecule has 0 spiro atoms. The molecule has 0 saturated carbocycles. The lowest BCUT2D eigenvalue weighted by molar-refractivity contribution is -0.148. The van der Waals surface area contributed by atoms with Crippen LogP contribution in [0.5, 0.6) is 0 Å². The Kier molecular flexibility index (Phi) is 8.53. The van der Waals surface area contributed by atoms with Gasteiger partial charge in [0.1, 0.15) is 0 Å². The standard InChI is InChI=1S/C21H21F3N2O5S/c22-21(23,24)14-6-8-15(9-7-14)25-16(19(28)29)17(20(30)31)26-18(27)13(11-32)10-12-4-2-1-3-5-12/h1-9,13,16-17,25,32H,10-11H2,(H,26,27)(H,28,29)(H,30,31)/t13?,16?,17-/m0/s1. The zero-order valence-corrected chi connectivity index (χ0v) is 17.4. The molecule has 2 aromatic carbocycles. The maximum absolute atomic E-state index is 12.7. The van der Waals surface area contributed by atoms with Gasteiger partial charge in [-0.3, -0.25) is 4.79 Å². The fourth-order valence-corrected chi connectivity index (χ4v) is 3.22. The van der Waals surface area contributed by atoms with E-state index in [2.05, 4.69) is 23.3 Å². The number of carboxylic acid groups (broad SMARTS) is 2. The van der Waals surface area contributed by atoms with Crippen molar-refractivity contribution in [3.63, 3.8) is 0 Å². The molecule has 172 valence electrons. The Morgan fingerprint density at radius 1 is 0.906 bits per heavy atom. The van der Waals surface area contributed by atoms with Crippen molar-refractivity contribution in [1.82, 2.24) is 5.32 Å². The number of carbonyl (C=O) groups is 3. The summed E-state index contributed by atoms with van der Waals surface area (Å²) in [5.41, 5.74) is -0.192. The fraction of sp³-hybridized carbons (Fsp3) is 0.286. The Balaban J connectivity index is 2.18. The minimum atomic E-state index is -4.58. The molecule has 4 N–H and O–H groups in total. The number of nitrogens with one attached hydrogen (secondary N) is 2. The number of benzene rings is 2. The average molecular weight is 470 g/mol. The van der Waals surface area contributed by atoms with Crippen molar-refractivity contribution in [2.24, 2.45) is 5.92 Å². The number of aliphatic carboxylic acids is 2. The fourth-order valence-electron chi connectivity index (χ4n) is 2.92. The Labute approximate surface area is 187 Å². The number of thiol groups is 1. The molecule has 0 aliphatic rings. The molecule has 3 atom stereocenters. The Morgan fingerprint density at radius 3 is 1.94 bits per heavy atom. The molecule has 0 fully saturated rings. The topological polar surface area (TPSA) is 116 Å². The maximum atomic E-state index is 12.7. The number of rotatable bonds is 10. The summed E-state index contributed by atoms with van der Waals surface area (Å²) in [7, 11) is 0. The number of alkyl halides is 3. The van der Waals surface area contributed by atoms with E-state index in [1.807, 2.05) is 0 Å². The first kappa shape index (κ1) is 25.1. The van der Waals surface area contributed by atoms with Crippen LogP contribution in [0.1, 0.15) is 11.1 Å². The molecule has 0 aliphatic carbocycles. The van der Waals surface area contributed by atoms with Gasteiger partial charge in [0.15, 0.2) is 12.1 Å². The van der Waals surface area contributed by atoms with E-state index in [0.29, 0.717) is 0 Å². The first-order valence-electron chi connectivity index (χ1n) is 9.37. The van der Waals surface area contributed by atoms with Gasteiger partial charge in [-0.15, -0.1) is 0 Å². The molecular formula is C21H21F3N2O5S. The summed E-state index contributed by atoms with van der Waals surface area (Å²) >= 11 is 4.13. The van der Waals surface area contributed by atoms with Gasteiger partial charge in [-0.1, -0.05) is 30.3 Å². The molecule has 0 aromatic heterocycles. The van der Waals surface area contributed by atoms with Crippen molar-refractivity contribution in [2.45, 2.75) is 24.7 Å². The minimum absolute atomic E-state index is 0.0547. The summed E-state index contributed by atoms with van der Waals surface area (Å²) in [5, 5.41) is 23.6. The van der Waals surface area contributed by atoms with E-state index >= 15 is 0 Å². The van der Waals surface area contributed by atoms with Gasteiger partial charge >= 0.3 is 18.1 Å². The van der Waals surface area contributed by atoms with Gasteiger partial charge in [-0.2, -0.15) is 25.8 Å². The molecular weight excluding hydrogens is 449 g/mol. The van der Waals surface area contributed by atoms with Crippen LogP contribution in [0.2, 0.25) is 0 Å². The van der Waals surface area contributed by atoms with E-state index in [1.54, 1.807) is 30.3 Å². The number of carbonyl (C=O) groups excluding carboxylic acids is 1. The van der Waals surface area contributed by atoms with E-state index in [0.717, 1.165) is 29.8 Å². The Hall–Kier alpha value is -3.21. The van der Waals surface area contributed by atoms with Crippen LogP contribution in [-0.4, -0.2) is 45.9 Å². The van der Waals surface area contributed by atoms with Crippen LogP contribution >= 0.6 is 12.6 Å². The van der Waals surface area contributed by atoms with E-state index in [1.165, 1.54) is 0 Å². The average Bonchev–Trinajstić information content (AvgIpc) is 2.74. The van der Waals surface area contributed by atoms with Crippen LogP contribution in [0.4, 0.5) is 18.9 Å².